The molecule has 2 aromatic carbocycles. The average molecular weight is 534 g/mol. The summed E-state index contributed by atoms with van der Waals surface area (Å²) in [5.74, 6) is -0.322. The predicted molar refractivity (Wildman–Crippen MR) is 125 cm³/mol. The van der Waals surface area contributed by atoms with Crippen molar-refractivity contribution in [2.75, 3.05) is 5.32 Å². The van der Waals surface area contributed by atoms with Crippen molar-refractivity contribution in [3.05, 3.63) is 84.5 Å². The van der Waals surface area contributed by atoms with Crippen molar-refractivity contribution in [1.29, 1.82) is 0 Å². The van der Waals surface area contributed by atoms with Gasteiger partial charge in [0.15, 0.2) is 0 Å². The van der Waals surface area contributed by atoms with Gasteiger partial charge >= 0.3 is 6.18 Å². The topological polar surface area (TPSA) is 50.7 Å². The molecule has 0 fully saturated rings. The van der Waals surface area contributed by atoms with E-state index in [4.69, 9.17) is 39.6 Å². The molecule has 1 amide bonds. The molecule has 172 valence electrons. The van der Waals surface area contributed by atoms with Crippen LogP contribution in [0.3, 0.4) is 0 Å². The summed E-state index contributed by atoms with van der Waals surface area (Å²) in [5, 5.41) is 9.82. The van der Waals surface area contributed by atoms with Crippen molar-refractivity contribution in [3.63, 3.8) is 0 Å². The number of carbonyl (C=O) groups excluding carboxylic acids is 1. The quantitative estimate of drug-likeness (QED) is 0.347. The first-order chi connectivity index (χ1) is 15.5. The molecule has 1 aliphatic heterocycles. The minimum atomic E-state index is -4.83. The molecule has 1 atom stereocenters. The first-order valence-corrected chi connectivity index (χ1v) is 11.5. The van der Waals surface area contributed by atoms with Crippen LogP contribution in [0.25, 0.3) is 0 Å². The molecule has 2 heterocycles. The molecule has 0 aliphatic carbocycles. The summed E-state index contributed by atoms with van der Waals surface area (Å²) in [7, 11) is 0. The standard InChI is InChI=1S/C22H14Cl3F3N2O2S/c1-11-6-12(2-3-15(11)20(31)29-14-4-5-33-10-14)18-9-21(32-30-18,22(26,27)28)13-7-16(23)19(25)17(24)8-13/h2-8,10H,9H2,1H3,(H,29,31). The lowest BCUT2D eigenvalue weighted by atomic mass is 9.86. The number of halogens is 6. The van der Waals surface area contributed by atoms with E-state index < -0.39 is 18.2 Å². The van der Waals surface area contributed by atoms with Gasteiger partial charge in [0.2, 0.25) is 0 Å². The van der Waals surface area contributed by atoms with Crippen LogP contribution in [0.15, 0.2) is 52.3 Å². The summed E-state index contributed by atoms with van der Waals surface area (Å²) in [5.41, 5.74) is -0.982. The van der Waals surface area contributed by atoms with E-state index in [1.165, 1.54) is 17.4 Å². The molecule has 1 aliphatic rings. The SMILES string of the molecule is Cc1cc(C2=NOC(c3cc(Cl)c(Cl)c(Cl)c3)(C(F)(F)F)C2)ccc1C(=O)Nc1ccsc1. The number of hydrogen-bond acceptors (Lipinski definition) is 4. The Balaban J connectivity index is 1.63. The molecular formula is C22H14Cl3F3N2O2S. The summed E-state index contributed by atoms with van der Waals surface area (Å²) in [6, 6.07) is 8.59. The monoisotopic (exact) mass is 532 g/mol. The molecule has 0 saturated heterocycles. The number of anilines is 1. The van der Waals surface area contributed by atoms with Crippen LogP contribution in [0.1, 0.15) is 33.5 Å². The lowest BCUT2D eigenvalue weighted by Crippen LogP contribution is -2.42. The third kappa shape index (κ3) is 4.45. The Morgan fingerprint density at radius 2 is 1.85 bits per heavy atom. The highest BCUT2D eigenvalue weighted by atomic mass is 35.5. The Morgan fingerprint density at radius 3 is 2.42 bits per heavy atom. The summed E-state index contributed by atoms with van der Waals surface area (Å²) in [4.78, 5) is 17.6. The van der Waals surface area contributed by atoms with Gasteiger partial charge in [-0.05, 0) is 53.8 Å². The van der Waals surface area contributed by atoms with Crippen molar-refractivity contribution in [2.45, 2.75) is 25.1 Å². The normalized spacial score (nSPS) is 18.1. The van der Waals surface area contributed by atoms with Crippen molar-refractivity contribution in [2.24, 2.45) is 5.16 Å². The number of carbonyl (C=O) groups is 1. The van der Waals surface area contributed by atoms with E-state index in [-0.39, 0.29) is 32.3 Å². The number of aryl methyl sites for hydroxylation is 1. The molecule has 0 radical (unpaired) electrons. The summed E-state index contributed by atoms with van der Waals surface area (Å²) >= 11 is 19.3. The van der Waals surface area contributed by atoms with Crippen LogP contribution in [0.4, 0.5) is 18.9 Å². The molecule has 3 aromatic rings. The number of rotatable bonds is 4. The van der Waals surface area contributed by atoms with Crippen LogP contribution >= 0.6 is 46.1 Å². The van der Waals surface area contributed by atoms with Gasteiger partial charge in [-0.15, -0.1) is 0 Å². The Hall–Kier alpha value is -2.26. The number of thiophene rings is 1. The number of hydrogen-bond donors (Lipinski definition) is 1. The summed E-state index contributed by atoms with van der Waals surface area (Å²) < 4.78 is 42.6. The predicted octanol–water partition coefficient (Wildman–Crippen LogP) is 7.85. The maximum absolute atomic E-state index is 14.2. The van der Waals surface area contributed by atoms with Gasteiger partial charge in [0.05, 0.1) is 26.5 Å². The Morgan fingerprint density at radius 1 is 1.15 bits per heavy atom. The van der Waals surface area contributed by atoms with Gasteiger partial charge in [-0.1, -0.05) is 46.0 Å². The van der Waals surface area contributed by atoms with Crippen molar-refractivity contribution >= 4 is 63.4 Å². The number of oxime groups is 1. The van der Waals surface area contributed by atoms with Gasteiger partial charge in [0, 0.05) is 22.9 Å². The van der Waals surface area contributed by atoms with E-state index in [0.717, 1.165) is 12.1 Å². The van der Waals surface area contributed by atoms with Crippen LogP contribution in [-0.4, -0.2) is 17.8 Å². The van der Waals surface area contributed by atoms with E-state index in [9.17, 15) is 18.0 Å². The highest BCUT2D eigenvalue weighted by Crippen LogP contribution is 2.50. The molecule has 0 saturated carbocycles. The third-order valence-corrected chi connectivity index (χ3v) is 7.10. The number of nitrogens with zero attached hydrogens (tertiary/aromatic N) is 1. The van der Waals surface area contributed by atoms with Gasteiger partial charge in [-0.3, -0.25) is 4.79 Å². The van der Waals surface area contributed by atoms with Gasteiger partial charge in [0.25, 0.3) is 11.5 Å². The van der Waals surface area contributed by atoms with Crippen molar-refractivity contribution in [1.82, 2.24) is 0 Å². The van der Waals surface area contributed by atoms with Crippen molar-refractivity contribution < 1.29 is 22.8 Å². The molecule has 1 N–H and O–H groups in total. The number of nitrogens with one attached hydrogen (secondary N) is 1. The molecule has 33 heavy (non-hydrogen) atoms. The first kappa shape index (κ1) is 23.9. The smallest absolute Gasteiger partial charge is 0.374 e. The molecule has 1 aromatic heterocycles. The molecule has 4 rings (SSSR count). The average Bonchev–Trinajstić information content (AvgIpc) is 3.41. The molecule has 0 bridgehead atoms. The zero-order valence-electron chi connectivity index (χ0n) is 16.8. The molecular weight excluding hydrogens is 520 g/mol. The van der Waals surface area contributed by atoms with Crippen LogP contribution < -0.4 is 5.32 Å². The Kier molecular flexibility index (Phi) is 6.39. The Bertz CT molecular complexity index is 1240. The maximum atomic E-state index is 14.2. The van der Waals surface area contributed by atoms with Gasteiger partial charge < -0.3 is 10.2 Å². The fraction of sp³-hybridized carbons (Fsp3) is 0.182. The number of alkyl halides is 3. The largest absolute Gasteiger partial charge is 0.435 e. The van der Waals surface area contributed by atoms with E-state index in [1.54, 1.807) is 30.5 Å². The molecule has 4 nitrogen and oxygen atoms in total. The maximum Gasteiger partial charge on any atom is 0.435 e. The second-order valence-electron chi connectivity index (χ2n) is 7.38. The van der Waals surface area contributed by atoms with Crippen molar-refractivity contribution in [3.8, 4) is 0 Å². The fourth-order valence-electron chi connectivity index (χ4n) is 3.48. The zero-order valence-corrected chi connectivity index (χ0v) is 19.8. The lowest BCUT2D eigenvalue weighted by molar-refractivity contribution is -0.275. The number of amides is 1. The van der Waals surface area contributed by atoms with E-state index in [2.05, 4.69) is 10.5 Å². The van der Waals surface area contributed by atoms with Gasteiger partial charge in [-0.25, -0.2) is 0 Å². The minimum absolute atomic E-state index is 0.0505. The van der Waals surface area contributed by atoms with Crippen LogP contribution in [-0.2, 0) is 10.4 Å². The minimum Gasteiger partial charge on any atom is -0.374 e. The van der Waals surface area contributed by atoms with E-state index in [0.29, 0.717) is 22.4 Å². The van der Waals surface area contributed by atoms with Gasteiger partial charge in [0.1, 0.15) is 0 Å². The van der Waals surface area contributed by atoms with Gasteiger partial charge in [-0.2, -0.15) is 24.5 Å². The zero-order chi connectivity index (χ0) is 24.0. The van der Waals surface area contributed by atoms with E-state index >= 15 is 0 Å². The Labute approximate surface area is 205 Å². The van der Waals surface area contributed by atoms with Crippen LogP contribution in [0.2, 0.25) is 15.1 Å². The van der Waals surface area contributed by atoms with Crippen LogP contribution in [0, 0.1) is 6.92 Å². The second kappa shape index (κ2) is 8.83. The summed E-state index contributed by atoms with van der Waals surface area (Å²) in [6.07, 6.45) is -5.43. The fourth-order valence-corrected chi connectivity index (χ4v) is 4.66. The highest BCUT2D eigenvalue weighted by Gasteiger charge is 2.62. The molecule has 0 spiro atoms. The van der Waals surface area contributed by atoms with E-state index in [1.807, 2.05) is 5.38 Å². The number of benzene rings is 2. The lowest BCUT2D eigenvalue weighted by Gasteiger charge is -2.30. The first-order valence-electron chi connectivity index (χ1n) is 9.43. The summed E-state index contributed by atoms with van der Waals surface area (Å²) in [6.45, 7) is 1.69. The van der Waals surface area contributed by atoms with Crippen LogP contribution in [0.5, 0.6) is 0 Å². The second-order valence-corrected chi connectivity index (χ2v) is 9.35. The molecule has 11 heteroatoms. The third-order valence-electron chi connectivity index (χ3n) is 5.22. The molecule has 1 unspecified atom stereocenters. The highest BCUT2D eigenvalue weighted by molar-refractivity contribution is 7.08.